The van der Waals surface area contributed by atoms with E-state index in [0.717, 1.165) is 31.2 Å². The fraction of sp³-hybridized carbons (Fsp3) is 0.562. The van der Waals surface area contributed by atoms with E-state index in [1.54, 1.807) is 12.1 Å². The zero-order valence-corrected chi connectivity index (χ0v) is 12.2. The van der Waals surface area contributed by atoms with E-state index in [-0.39, 0.29) is 17.3 Å². The number of benzene rings is 1. The molecule has 1 aromatic rings. The normalized spacial score (nSPS) is 16.8. The number of nitrogens with two attached hydrogens (primary N) is 1. The Bertz CT molecular complexity index is 476. The minimum Gasteiger partial charge on any atom is -0.353 e. The zero-order chi connectivity index (χ0) is 14.8. The number of nitrogens with one attached hydrogen (secondary N) is 1. The summed E-state index contributed by atoms with van der Waals surface area (Å²) in [5, 5.41) is 2.98. The summed E-state index contributed by atoms with van der Waals surface area (Å²) in [4.78, 5) is 12.4. The second-order valence-corrected chi connectivity index (χ2v) is 5.84. The molecular weight excluding hydrogens is 255 g/mol. The second kappa shape index (κ2) is 5.52. The average molecular weight is 278 g/mol. The van der Waals surface area contributed by atoms with Crippen molar-refractivity contribution >= 4 is 5.91 Å². The van der Waals surface area contributed by atoms with Crippen molar-refractivity contribution in [3.8, 4) is 0 Å². The lowest BCUT2D eigenvalue weighted by molar-refractivity contribution is -0.123. The van der Waals surface area contributed by atoms with Crippen LogP contribution in [0.2, 0.25) is 0 Å². The highest BCUT2D eigenvalue weighted by molar-refractivity contribution is 5.91. The Morgan fingerprint density at radius 3 is 2.30 bits per heavy atom. The van der Waals surface area contributed by atoms with E-state index in [4.69, 9.17) is 5.73 Å². The maximum atomic E-state index is 13.0. The first-order valence-corrected chi connectivity index (χ1v) is 7.29. The van der Waals surface area contributed by atoms with Crippen LogP contribution >= 0.6 is 0 Å². The van der Waals surface area contributed by atoms with E-state index in [9.17, 15) is 9.18 Å². The number of hydrogen-bond donors (Lipinski definition) is 2. The molecule has 1 aliphatic rings. The minimum atomic E-state index is -0.462. The Morgan fingerprint density at radius 1 is 1.30 bits per heavy atom. The molecular formula is C16H23FN2O. The summed E-state index contributed by atoms with van der Waals surface area (Å²) >= 11 is 0. The Labute approximate surface area is 119 Å². The van der Waals surface area contributed by atoms with Crippen LogP contribution < -0.4 is 11.1 Å². The van der Waals surface area contributed by atoms with Crippen LogP contribution in [0.15, 0.2) is 24.3 Å². The standard InChI is InChI=1S/C16H23FN2O/c1-3-15(18,4-2)11-19-14(20)16(9-10-16)12-5-7-13(17)8-6-12/h5-8H,3-4,9-11,18H2,1-2H3,(H,19,20). The van der Waals surface area contributed by atoms with Gasteiger partial charge in [-0.2, -0.15) is 0 Å². The molecule has 0 aliphatic heterocycles. The molecule has 0 radical (unpaired) electrons. The van der Waals surface area contributed by atoms with Gasteiger partial charge in [-0.15, -0.1) is 0 Å². The summed E-state index contributed by atoms with van der Waals surface area (Å²) in [6.45, 7) is 4.55. The Kier molecular flexibility index (Phi) is 4.14. The maximum Gasteiger partial charge on any atom is 0.230 e. The van der Waals surface area contributed by atoms with Gasteiger partial charge in [0.25, 0.3) is 0 Å². The van der Waals surface area contributed by atoms with Gasteiger partial charge in [0.2, 0.25) is 5.91 Å². The number of rotatable bonds is 6. The maximum absolute atomic E-state index is 13.0. The molecule has 2 rings (SSSR count). The van der Waals surface area contributed by atoms with E-state index in [0.29, 0.717) is 6.54 Å². The first-order chi connectivity index (χ1) is 9.46. The van der Waals surface area contributed by atoms with Crippen molar-refractivity contribution in [2.45, 2.75) is 50.5 Å². The lowest BCUT2D eigenvalue weighted by atomic mass is 9.92. The fourth-order valence-electron chi connectivity index (χ4n) is 2.47. The number of amides is 1. The van der Waals surface area contributed by atoms with Crippen molar-refractivity contribution in [1.82, 2.24) is 5.32 Å². The molecule has 1 aliphatic carbocycles. The molecule has 1 amide bonds. The summed E-state index contributed by atoms with van der Waals surface area (Å²) in [6.07, 6.45) is 3.29. The van der Waals surface area contributed by atoms with Gasteiger partial charge in [-0.1, -0.05) is 26.0 Å². The van der Waals surface area contributed by atoms with Gasteiger partial charge in [0, 0.05) is 12.1 Å². The molecule has 4 heteroatoms. The topological polar surface area (TPSA) is 55.1 Å². The predicted octanol–water partition coefficient (Wildman–Crippen LogP) is 2.49. The quantitative estimate of drug-likeness (QED) is 0.840. The Morgan fingerprint density at radius 2 is 1.85 bits per heavy atom. The van der Waals surface area contributed by atoms with Gasteiger partial charge in [0.05, 0.1) is 5.41 Å². The van der Waals surface area contributed by atoms with Gasteiger partial charge < -0.3 is 11.1 Å². The van der Waals surface area contributed by atoms with Gasteiger partial charge in [-0.05, 0) is 43.4 Å². The molecule has 3 N–H and O–H groups in total. The second-order valence-electron chi connectivity index (χ2n) is 5.84. The molecule has 0 aromatic heterocycles. The van der Waals surface area contributed by atoms with Crippen LogP contribution in [0.5, 0.6) is 0 Å². The number of halogens is 1. The van der Waals surface area contributed by atoms with Crippen LogP contribution in [0.1, 0.15) is 45.1 Å². The van der Waals surface area contributed by atoms with Crippen LogP contribution in [0.4, 0.5) is 4.39 Å². The van der Waals surface area contributed by atoms with Crippen molar-refractivity contribution in [2.24, 2.45) is 5.73 Å². The molecule has 0 spiro atoms. The predicted molar refractivity (Wildman–Crippen MR) is 77.8 cm³/mol. The summed E-state index contributed by atoms with van der Waals surface area (Å²) < 4.78 is 13.0. The first kappa shape index (κ1) is 15.0. The SMILES string of the molecule is CCC(N)(CC)CNC(=O)C1(c2ccc(F)cc2)CC1. The van der Waals surface area contributed by atoms with E-state index in [1.807, 2.05) is 13.8 Å². The van der Waals surface area contributed by atoms with Crippen molar-refractivity contribution in [2.75, 3.05) is 6.54 Å². The van der Waals surface area contributed by atoms with Crippen LogP contribution in [0, 0.1) is 5.82 Å². The van der Waals surface area contributed by atoms with Crippen molar-refractivity contribution in [3.63, 3.8) is 0 Å². The van der Waals surface area contributed by atoms with E-state index in [1.165, 1.54) is 12.1 Å². The third-order valence-electron chi connectivity index (χ3n) is 4.59. The van der Waals surface area contributed by atoms with Gasteiger partial charge in [0.15, 0.2) is 0 Å². The van der Waals surface area contributed by atoms with E-state index in [2.05, 4.69) is 5.32 Å². The van der Waals surface area contributed by atoms with Crippen molar-refractivity contribution in [3.05, 3.63) is 35.6 Å². The van der Waals surface area contributed by atoms with Crippen molar-refractivity contribution in [1.29, 1.82) is 0 Å². The average Bonchev–Trinajstić information content (AvgIpc) is 3.27. The molecule has 1 saturated carbocycles. The lowest BCUT2D eigenvalue weighted by Crippen LogP contribution is -2.51. The summed E-state index contributed by atoms with van der Waals surface area (Å²) in [5.74, 6) is -0.260. The molecule has 0 unspecified atom stereocenters. The minimum absolute atomic E-state index is 0.0147. The molecule has 3 nitrogen and oxygen atoms in total. The largest absolute Gasteiger partial charge is 0.353 e. The fourth-order valence-corrected chi connectivity index (χ4v) is 2.47. The highest BCUT2D eigenvalue weighted by Gasteiger charge is 2.51. The highest BCUT2D eigenvalue weighted by Crippen LogP contribution is 2.48. The zero-order valence-electron chi connectivity index (χ0n) is 12.2. The number of hydrogen-bond acceptors (Lipinski definition) is 2. The molecule has 1 fully saturated rings. The monoisotopic (exact) mass is 278 g/mol. The van der Waals surface area contributed by atoms with Gasteiger partial charge in [-0.3, -0.25) is 4.79 Å². The summed E-state index contributed by atoms with van der Waals surface area (Å²) in [5.41, 5.74) is 6.30. The molecule has 0 atom stereocenters. The first-order valence-electron chi connectivity index (χ1n) is 7.29. The van der Waals surface area contributed by atoms with Crippen LogP contribution in [0.25, 0.3) is 0 Å². The lowest BCUT2D eigenvalue weighted by Gasteiger charge is -2.28. The smallest absolute Gasteiger partial charge is 0.230 e. The van der Waals surface area contributed by atoms with E-state index < -0.39 is 5.41 Å². The van der Waals surface area contributed by atoms with E-state index >= 15 is 0 Å². The molecule has 0 bridgehead atoms. The molecule has 20 heavy (non-hydrogen) atoms. The highest BCUT2D eigenvalue weighted by atomic mass is 19.1. The third-order valence-corrected chi connectivity index (χ3v) is 4.59. The van der Waals surface area contributed by atoms with Crippen LogP contribution in [-0.2, 0) is 10.2 Å². The van der Waals surface area contributed by atoms with Crippen LogP contribution in [0.3, 0.4) is 0 Å². The van der Waals surface area contributed by atoms with Gasteiger partial charge in [-0.25, -0.2) is 4.39 Å². The molecule has 110 valence electrons. The van der Waals surface area contributed by atoms with Crippen LogP contribution in [-0.4, -0.2) is 18.0 Å². The van der Waals surface area contributed by atoms with Gasteiger partial charge >= 0.3 is 0 Å². The molecule has 0 heterocycles. The number of carbonyl (C=O) groups excluding carboxylic acids is 1. The van der Waals surface area contributed by atoms with Gasteiger partial charge in [0.1, 0.15) is 5.82 Å². The molecule has 0 saturated heterocycles. The summed E-state index contributed by atoms with van der Waals surface area (Å²) in [7, 11) is 0. The number of carbonyl (C=O) groups is 1. The Hall–Kier alpha value is -1.42. The molecule has 1 aromatic carbocycles. The summed E-state index contributed by atoms with van der Waals surface area (Å²) in [6, 6.07) is 6.23. The Balaban J connectivity index is 2.04. The van der Waals surface area contributed by atoms with Crippen molar-refractivity contribution < 1.29 is 9.18 Å². The third kappa shape index (κ3) is 2.85.